The molecule has 0 saturated heterocycles. The summed E-state index contributed by atoms with van der Waals surface area (Å²) >= 11 is 0. The van der Waals surface area contributed by atoms with Crippen molar-refractivity contribution < 1.29 is 0 Å². The van der Waals surface area contributed by atoms with E-state index in [4.69, 9.17) is 5.73 Å². The van der Waals surface area contributed by atoms with Gasteiger partial charge in [0.1, 0.15) is 0 Å². The maximum absolute atomic E-state index is 5.90. The van der Waals surface area contributed by atoms with Crippen LogP contribution in [0.3, 0.4) is 0 Å². The minimum atomic E-state index is 0.129. The molecular formula is C16H26N2. The molecule has 0 spiro atoms. The van der Waals surface area contributed by atoms with E-state index in [1.165, 1.54) is 43.4 Å². The summed E-state index contributed by atoms with van der Waals surface area (Å²) in [6, 6.07) is 9.68. The summed E-state index contributed by atoms with van der Waals surface area (Å²) in [6.07, 6.45) is 6.89. The van der Waals surface area contributed by atoms with Crippen LogP contribution in [0.15, 0.2) is 24.3 Å². The molecule has 1 atom stereocenters. The van der Waals surface area contributed by atoms with Crippen LogP contribution in [0.2, 0.25) is 0 Å². The Morgan fingerprint density at radius 2 is 1.78 bits per heavy atom. The molecule has 1 saturated carbocycles. The molecule has 1 aromatic carbocycles. The van der Waals surface area contributed by atoms with Crippen molar-refractivity contribution in [2.75, 3.05) is 11.4 Å². The van der Waals surface area contributed by atoms with Crippen LogP contribution in [0.1, 0.15) is 57.6 Å². The van der Waals surface area contributed by atoms with Crippen LogP contribution in [0, 0.1) is 0 Å². The van der Waals surface area contributed by atoms with Gasteiger partial charge in [0.15, 0.2) is 0 Å². The lowest BCUT2D eigenvalue weighted by Gasteiger charge is -2.35. The molecular weight excluding hydrogens is 220 g/mol. The zero-order valence-electron chi connectivity index (χ0n) is 11.7. The van der Waals surface area contributed by atoms with Crippen molar-refractivity contribution in [2.24, 2.45) is 5.73 Å². The van der Waals surface area contributed by atoms with Crippen LogP contribution in [0.25, 0.3) is 0 Å². The zero-order chi connectivity index (χ0) is 13.0. The standard InChI is InChI=1S/C16H26N2/c1-3-18(15-7-5-4-6-8-15)16-11-9-14(10-12-16)13(2)17/h9-13,15H,3-8,17H2,1-2H3/t13-/m1/s1. The van der Waals surface area contributed by atoms with Gasteiger partial charge in [-0.1, -0.05) is 31.4 Å². The largest absolute Gasteiger partial charge is 0.369 e. The lowest BCUT2D eigenvalue weighted by molar-refractivity contribution is 0.418. The van der Waals surface area contributed by atoms with E-state index in [1.54, 1.807) is 0 Å². The summed E-state index contributed by atoms with van der Waals surface area (Å²) in [7, 11) is 0. The molecule has 2 nitrogen and oxygen atoms in total. The molecule has 1 aromatic rings. The fourth-order valence-electron chi connectivity index (χ4n) is 3.01. The van der Waals surface area contributed by atoms with Gasteiger partial charge in [-0.25, -0.2) is 0 Å². The van der Waals surface area contributed by atoms with E-state index in [2.05, 4.69) is 36.1 Å². The van der Waals surface area contributed by atoms with Crippen LogP contribution >= 0.6 is 0 Å². The van der Waals surface area contributed by atoms with Crippen LogP contribution in [0.4, 0.5) is 5.69 Å². The average molecular weight is 246 g/mol. The van der Waals surface area contributed by atoms with Crippen molar-refractivity contribution in [3.63, 3.8) is 0 Å². The molecule has 2 N–H and O–H groups in total. The van der Waals surface area contributed by atoms with Gasteiger partial charge >= 0.3 is 0 Å². The highest BCUT2D eigenvalue weighted by molar-refractivity contribution is 5.49. The number of hydrogen-bond donors (Lipinski definition) is 1. The number of rotatable bonds is 4. The number of benzene rings is 1. The Hall–Kier alpha value is -1.02. The minimum absolute atomic E-state index is 0.129. The number of nitrogens with two attached hydrogens (primary N) is 1. The molecule has 1 aliphatic rings. The molecule has 0 bridgehead atoms. The molecule has 0 aliphatic heterocycles. The molecule has 0 heterocycles. The Labute approximate surface area is 111 Å². The van der Waals surface area contributed by atoms with Gasteiger partial charge in [0, 0.05) is 24.3 Å². The van der Waals surface area contributed by atoms with Crippen molar-refractivity contribution in [3.8, 4) is 0 Å². The summed E-state index contributed by atoms with van der Waals surface area (Å²) in [6.45, 7) is 5.39. The highest BCUT2D eigenvalue weighted by Gasteiger charge is 2.20. The Balaban J connectivity index is 2.11. The monoisotopic (exact) mass is 246 g/mol. The van der Waals surface area contributed by atoms with E-state index in [0.717, 1.165) is 12.6 Å². The summed E-state index contributed by atoms with van der Waals surface area (Å²) in [5.74, 6) is 0. The molecule has 0 radical (unpaired) electrons. The fraction of sp³-hybridized carbons (Fsp3) is 0.625. The van der Waals surface area contributed by atoms with Crippen molar-refractivity contribution in [1.82, 2.24) is 0 Å². The van der Waals surface area contributed by atoms with E-state index in [0.29, 0.717) is 0 Å². The third-order valence-electron chi connectivity index (χ3n) is 4.11. The summed E-state index contributed by atoms with van der Waals surface area (Å²) in [5, 5.41) is 0. The van der Waals surface area contributed by atoms with Crippen molar-refractivity contribution in [1.29, 1.82) is 0 Å². The highest BCUT2D eigenvalue weighted by Crippen LogP contribution is 2.27. The third-order valence-corrected chi connectivity index (χ3v) is 4.11. The Bertz CT molecular complexity index is 350. The first-order valence-corrected chi connectivity index (χ1v) is 7.34. The van der Waals surface area contributed by atoms with Crippen LogP contribution in [0.5, 0.6) is 0 Å². The second-order valence-corrected chi connectivity index (χ2v) is 5.46. The summed E-state index contributed by atoms with van der Waals surface area (Å²) in [5.41, 5.74) is 8.48. The molecule has 2 rings (SSSR count). The zero-order valence-corrected chi connectivity index (χ0v) is 11.7. The van der Waals surface area contributed by atoms with Crippen molar-refractivity contribution in [2.45, 2.75) is 58.0 Å². The van der Waals surface area contributed by atoms with E-state index in [1.807, 2.05) is 6.92 Å². The molecule has 0 aromatic heterocycles. The third kappa shape index (κ3) is 3.05. The van der Waals surface area contributed by atoms with Gasteiger partial charge in [-0.05, 0) is 44.4 Å². The summed E-state index contributed by atoms with van der Waals surface area (Å²) in [4.78, 5) is 2.56. The van der Waals surface area contributed by atoms with Crippen molar-refractivity contribution in [3.05, 3.63) is 29.8 Å². The molecule has 100 valence electrons. The summed E-state index contributed by atoms with van der Waals surface area (Å²) < 4.78 is 0. The van der Waals surface area contributed by atoms with Crippen LogP contribution in [-0.4, -0.2) is 12.6 Å². The van der Waals surface area contributed by atoms with E-state index < -0.39 is 0 Å². The molecule has 2 heteroatoms. The van der Waals surface area contributed by atoms with Crippen LogP contribution in [-0.2, 0) is 0 Å². The second-order valence-electron chi connectivity index (χ2n) is 5.46. The Morgan fingerprint density at radius 3 is 2.28 bits per heavy atom. The first-order valence-electron chi connectivity index (χ1n) is 7.34. The lowest BCUT2D eigenvalue weighted by Crippen LogP contribution is -2.36. The smallest absolute Gasteiger partial charge is 0.0368 e. The second kappa shape index (κ2) is 6.24. The van der Waals surface area contributed by atoms with Gasteiger partial charge in [-0.15, -0.1) is 0 Å². The Morgan fingerprint density at radius 1 is 1.17 bits per heavy atom. The van der Waals surface area contributed by atoms with E-state index in [-0.39, 0.29) is 6.04 Å². The maximum atomic E-state index is 5.90. The predicted octanol–water partition coefficient (Wildman–Crippen LogP) is 3.87. The van der Waals surface area contributed by atoms with E-state index in [9.17, 15) is 0 Å². The van der Waals surface area contributed by atoms with Gasteiger partial charge in [0.05, 0.1) is 0 Å². The fourth-order valence-corrected chi connectivity index (χ4v) is 3.01. The molecule has 1 fully saturated rings. The number of nitrogens with zero attached hydrogens (tertiary/aromatic N) is 1. The maximum Gasteiger partial charge on any atom is 0.0368 e. The first-order chi connectivity index (χ1) is 8.72. The van der Waals surface area contributed by atoms with Gasteiger partial charge < -0.3 is 10.6 Å². The van der Waals surface area contributed by atoms with Gasteiger partial charge in [0.25, 0.3) is 0 Å². The minimum Gasteiger partial charge on any atom is -0.369 e. The number of anilines is 1. The van der Waals surface area contributed by atoms with Crippen molar-refractivity contribution >= 4 is 5.69 Å². The Kier molecular flexibility index (Phi) is 4.65. The average Bonchev–Trinajstić information content (AvgIpc) is 2.41. The quantitative estimate of drug-likeness (QED) is 0.874. The topological polar surface area (TPSA) is 29.3 Å². The lowest BCUT2D eigenvalue weighted by atomic mass is 9.93. The SMILES string of the molecule is CCN(c1ccc([C@@H](C)N)cc1)C1CCCCC1. The predicted molar refractivity (Wildman–Crippen MR) is 78.9 cm³/mol. The number of hydrogen-bond acceptors (Lipinski definition) is 2. The van der Waals surface area contributed by atoms with Gasteiger partial charge in [-0.2, -0.15) is 0 Å². The molecule has 0 unspecified atom stereocenters. The molecule has 18 heavy (non-hydrogen) atoms. The van der Waals surface area contributed by atoms with Crippen LogP contribution < -0.4 is 10.6 Å². The molecule has 1 aliphatic carbocycles. The normalized spacial score (nSPS) is 18.6. The first kappa shape index (κ1) is 13.4. The highest BCUT2D eigenvalue weighted by atomic mass is 15.2. The van der Waals surface area contributed by atoms with E-state index >= 15 is 0 Å². The van der Waals surface area contributed by atoms with Gasteiger partial charge in [0.2, 0.25) is 0 Å². The van der Waals surface area contributed by atoms with Gasteiger partial charge in [-0.3, -0.25) is 0 Å². The molecule has 0 amide bonds.